The topological polar surface area (TPSA) is 50.8 Å². The highest BCUT2D eigenvalue weighted by Gasteiger charge is 2.20. The van der Waals surface area contributed by atoms with Crippen molar-refractivity contribution in [3.63, 3.8) is 0 Å². The lowest BCUT2D eigenvalue weighted by molar-refractivity contribution is -0.120. The van der Waals surface area contributed by atoms with Gasteiger partial charge in [-0.3, -0.25) is 9.69 Å². The normalized spacial score (nSPS) is 13.7. The number of rotatable bonds is 9. The molecule has 0 fully saturated rings. The van der Waals surface area contributed by atoms with Gasteiger partial charge in [-0.2, -0.15) is 0 Å². The molecule has 0 saturated heterocycles. The monoisotopic (exact) mass is 382 g/mol. The largest absolute Gasteiger partial charge is 0.497 e. The van der Waals surface area contributed by atoms with E-state index < -0.39 is 0 Å². The lowest BCUT2D eigenvalue weighted by atomic mass is 10.0. The average Bonchev–Trinajstić information content (AvgIpc) is 3.19. The van der Waals surface area contributed by atoms with Crippen molar-refractivity contribution in [1.82, 2.24) is 10.2 Å². The quantitative estimate of drug-likeness (QED) is 0.722. The Morgan fingerprint density at radius 3 is 2.79 bits per heavy atom. The summed E-state index contributed by atoms with van der Waals surface area (Å²) >= 11 is 0. The molecule has 150 valence electrons. The van der Waals surface area contributed by atoms with Crippen LogP contribution in [0.5, 0.6) is 11.5 Å². The minimum absolute atomic E-state index is 0.0407. The highest BCUT2D eigenvalue weighted by atomic mass is 16.5. The van der Waals surface area contributed by atoms with Gasteiger partial charge in [0.25, 0.3) is 0 Å². The van der Waals surface area contributed by atoms with Crippen molar-refractivity contribution < 1.29 is 14.3 Å². The highest BCUT2D eigenvalue weighted by molar-refractivity contribution is 5.78. The van der Waals surface area contributed by atoms with Crippen LogP contribution in [0.15, 0.2) is 42.5 Å². The fraction of sp³-hybridized carbons (Fsp3) is 0.435. The first kappa shape index (κ1) is 20.2. The molecule has 0 bridgehead atoms. The second-order valence-electron chi connectivity index (χ2n) is 7.04. The summed E-state index contributed by atoms with van der Waals surface area (Å²) in [6.45, 7) is 7.42. The molecule has 1 amide bonds. The van der Waals surface area contributed by atoms with Gasteiger partial charge in [0, 0.05) is 13.0 Å². The number of methoxy groups -OCH3 is 1. The van der Waals surface area contributed by atoms with Gasteiger partial charge in [-0.15, -0.1) is 0 Å². The SMILES string of the molecule is CCN(CC)C(CNC(=O)Cc1ccc2c(c1)CCO2)c1cccc(OC)c1. The van der Waals surface area contributed by atoms with Gasteiger partial charge in [-0.25, -0.2) is 0 Å². The lowest BCUT2D eigenvalue weighted by Crippen LogP contribution is -2.38. The van der Waals surface area contributed by atoms with Crippen LogP contribution in [0.4, 0.5) is 0 Å². The Labute approximate surface area is 167 Å². The summed E-state index contributed by atoms with van der Waals surface area (Å²) < 4.78 is 10.9. The Morgan fingerprint density at radius 1 is 1.21 bits per heavy atom. The van der Waals surface area contributed by atoms with Crippen LogP contribution in [0.1, 0.15) is 36.6 Å². The van der Waals surface area contributed by atoms with Crippen molar-refractivity contribution in [3.05, 3.63) is 59.2 Å². The maximum atomic E-state index is 12.6. The zero-order chi connectivity index (χ0) is 19.9. The van der Waals surface area contributed by atoms with Crippen molar-refractivity contribution in [2.75, 3.05) is 33.4 Å². The number of carbonyl (C=O) groups is 1. The minimum atomic E-state index is 0.0407. The van der Waals surface area contributed by atoms with Crippen LogP contribution in [0, 0.1) is 0 Å². The van der Waals surface area contributed by atoms with Crippen LogP contribution in [-0.2, 0) is 17.6 Å². The van der Waals surface area contributed by atoms with E-state index in [2.05, 4.69) is 42.3 Å². The second-order valence-corrected chi connectivity index (χ2v) is 7.04. The summed E-state index contributed by atoms with van der Waals surface area (Å²) in [5.41, 5.74) is 3.38. The molecule has 28 heavy (non-hydrogen) atoms. The van der Waals surface area contributed by atoms with Crippen molar-refractivity contribution in [2.45, 2.75) is 32.7 Å². The van der Waals surface area contributed by atoms with Gasteiger partial charge in [0.15, 0.2) is 0 Å². The number of ether oxygens (including phenoxy) is 2. The number of benzene rings is 2. The van der Waals surface area contributed by atoms with Gasteiger partial charge in [0.05, 0.1) is 26.2 Å². The Balaban J connectivity index is 1.66. The third-order valence-electron chi connectivity index (χ3n) is 5.34. The van der Waals surface area contributed by atoms with E-state index >= 15 is 0 Å². The van der Waals surface area contributed by atoms with E-state index in [1.54, 1.807) is 7.11 Å². The van der Waals surface area contributed by atoms with Gasteiger partial charge in [0.1, 0.15) is 11.5 Å². The molecule has 2 aromatic rings. The third kappa shape index (κ3) is 4.84. The number of hydrogen-bond donors (Lipinski definition) is 1. The molecule has 1 aliphatic heterocycles. The number of nitrogens with zero attached hydrogens (tertiary/aromatic N) is 1. The van der Waals surface area contributed by atoms with E-state index in [9.17, 15) is 4.79 Å². The molecule has 5 heteroatoms. The molecule has 1 aliphatic rings. The summed E-state index contributed by atoms with van der Waals surface area (Å²) in [4.78, 5) is 14.9. The molecule has 3 rings (SSSR count). The smallest absolute Gasteiger partial charge is 0.224 e. The molecule has 1 unspecified atom stereocenters. The Kier molecular flexibility index (Phi) is 6.93. The zero-order valence-electron chi connectivity index (χ0n) is 17.0. The van der Waals surface area contributed by atoms with Crippen LogP contribution in [0.2, 0.25) is 0 Å². The first-order valence-electron chi connectivity index (χ1n) is 10.0. The van der Waals surface area contributed by atoms with Crippen molar-refractivity contribution >= 4 is 5.91 Å². The number of nitrogens with one attached hydrogen (secondary N) is 1. The predicted octanol–water partition coefficient (Wildman–Crippen LogP) is 3.37. The summed E-state index contributed by atoms with van der Waals surface area (Å²) in [5.74, 6) is 1.82. The maximum Gasteiger partial charge on any atom is 0.224 e. The van der Waals surface area contributed by atoms with Crippen LogP contribution < -0.4 is 14.8 Å². The first-order chi connectivity index (χ1) is 13.6. The Morgan fingerprint density at radius 2 is 2.04 bits per heavy atom. The number of hydrogen-bond acceptors (Lipinski definition) is 4. The van der Waals surface area contributed by atoms with Gasteiger partial charge in [-0.05, 0) is 48.0 Å². The van der Waals surface area contributed by atoms with Gasteiger partial charge in [-0.1, -0.05) is 38.1 Å². The van der Waals surface area contributed by atoms with Gasteiger partial charge >= 0.3 is 0 Å². The summed E-state index contributed by atoms with van der Waals surface area (Å²) in [6, 6.07) is 14.2. The lowest BCUT2D eigenvalue weighted by Gasteiger charge is -2.30. The molecule has 0 saturated carbocycles. The molecule has 0 radical (unpaired) electrons. The minimum Gasteiger partial charge on any atom is -0.497 e. The number of likely N-dealkylation sites (N-methyl/N-ethyl adjacent to an activating group) is 1. The van der Waals surface area contributed by atoms with E-state index in [0.717, 1.165) is 48.7 Å². The fourth-order valence-electron chi connectivity index (χ4n) is 3.78. The molecule has 1 atom stereocenters. The number of fused-ring (bicyclic) bond motifs is 1. The molecule has 5 nitrogen and oxygen atoms in total. The number of carbonyl (C=O) groups excluding carboxylic acids is 1. The predicted molar refractivity (Wildman–Crippen MR) is 111 cm³/mol. The van der Waals surface area contributed by atoms with E-state index in [0.29, 0.717) is 13.0 Å². The van der Waals surface area contributed by atoms with E-state index in [1.807, 2.05) is 24.3 Å². The molecule has 0 spiro atoms. The average molecular weight is 383 g/mol. The zero-order valence-corrected chi connectivity index (χ0v) is 17.0. The van der Waals surface area contributed by atoms with Gasteiger partial charge < -0.3 is 14.8 Å². The first-order valence-corrected chi connectivity index (χ1v) is 10.0. The van der Waals surface area contributed by atoms with Crippen LogP contribution >= 0.6 is 0 Å². The third-order valence-corrected chi connectivity index (χ3v) is 5.34. The maximum absolute atomic E-state index is 12.6. The Hall–Kier alpha value is -2.53. The van der Waals surface area contributed by atoms with Crippen molar-refractivity contribution in [2.24, 2.45) is 0 Å². The standard InChI is InChI=1S/C23H30N2O3/c1-4-25(5-2)21(18-7-6-8-20(15-18)27-3)16-24-23(26)14-17-9-10-22-19(13-17)11-12-28-22/h6-10,13,15,21H,4-5,11-12,14,16H2,1-3H3,(H,24,26). The number of amides is 1. The fourth-order valence-corrected chi connectivity index (χ4v) is 3.78. The summed E-state index contributed by atoms with van der Waals surface area (Å²) in [7, 11) is 1.68. The molecule has 1 heterocycles. The van der Waals surface area contributed by atoms with Crippen molar-refractivity contribution in [3.8, 4) is 11.5 Å². The van der Waals surface area contributed by atoms with Crippen molar-refractivity contribution in [1.29, 1.82) is 0 Å². The molecule has 2 aromatic carbocycles. The van der Waals surface area contributed by atoms with Gasteiger partial charge in [0.2, 0.25) is 5.91 Å². The molecule has 0 aliphatic carbocycles. The Bertz CT molecular complexity index is 802. The highest BCUT2D eigenvalue weighted by Crippen LogP contribution is 2.26. The van der Waals surface area contributed by atoms with E-state index in [4.69, 9.17) is 9.47 Å². The summed E-state index contributed by atoms with van der Waals surface area (Å²) in [5, 5.41) is 3.13. The molecular formula is C23H30N2O3. The second kappa shape index (κ2) is 9.60. The van der Waals surface area contributed by atoms with Crippen LogP contribution in [0.25, 0.3) is 0 Å². The summed E-state index contributed by atoms with van der Waals surface area (Å²) in [6.07, 6.45) is 1.31. The van der Waals surface area contributed by atoms with E-state index in [1.165, 1.54) is 5.56 Å². The van der Waals surface area contributed by atoms with Crippen LogP contribution in [0.3, 0.4) is 0 Å². The molecular weight excluding hydrogens is 352 g/mol. The molecule has 0 aromatic heterocycles. The van der Waals surface area contributed by atoms with Crippen LogP contribution in [-0.4, -0.2) is 44.2 Å². The molecule has 1 N–H and O–H groups in total. The van der Waals surface area contributed by atoms with E-state index in [-0.39, 0.29) is 11.9 Å².